The van der Waals surface area contributed by atoms with Gasteiger partial charge >= 0.3 is 0 Å². The number of rotatable bonds is 8. The van der Waals surface area contributed by atoms with Crippen LogP contribution in [0.4, 0.5) is 0 Å². The van der Waals surface area contributed by atoms with Crippen molar-refractivity contribution in [3.8, 4) is 0 Å². The number of methoxy groups -OCH3 is 1. The van der Waals surface area contributed by atoms with Gasteiger partial charge in [0.25, 0.3) is 0 Å². The number of ether oxygens (including phenoxy) is 2. The van der Waals surface area contributed by atoms with Gasteiger partial charge in [-0.25, -0.2) is 0 Å². The van der Waals surface area contributed by atoms with E-state index >= 15 is 0 Å². The number of hydrogen-bond acceptors (Lipinski definition) is 4. The van der Waals surface area contributed by atoms with E-state index in [9.17, 15) is 0 Å². The van der Waals surface area contributed by atoms with E-state index in [1.807, 2.05) is 13.8 Å². The first-order chi connectivity index (χ1) is 7.75. The van der Waals surface area contributed by atoms with Crippen molar-refractivity contribution in [2.45, 2.75) is 20.4 Å². The molecule has 0 amide bonds. The van der Waals surface area contributed by atoms with Crippen molar-refractivity contribution < 1.29 is 9.47 Å². The molecule has 0 aliphatic carbocycles. The highest BCUT2D eigenvalue weighted by molar-refractivity contribution is 5.22. The van der Waals surface area contributed by atoms with Crippen molar-refractivity contribution in [2.75, 3.05) is 33.5 Å². The largest absolute Gasteiger partial charge is 0.382 e. The van der Waals surface area contributed by atoms with Gasteiger partial charge in [-0.3, -0.25) is 5.10 Å². The molecular formula is C11H21N3O2. The molecule has 92 valence electrons. The van der Waals surface area contributed by atoms with Crippen LogP contribution in [-0.4, -0.2) is 43.7 Å². The van der Waals surface area contributed by atoms with Crippen molar-refractivity contribution in [2.24, 2.45) is 0 Å². The zero-order chi connectivity index (χ0) is 11.8. The van der Waals surface area contributed by atoms with Crippen LogP contribution in [-0.2, 0) is 16.0 Å². The van der Waals surface area contributed by atoms with Gasteiger partial charge in [-0.05, 0) is 13.8 Å². The molecule has 16 heavy (non-hydrogen) atoms. The maximum absolute atomic E-state index is 5.34. The summed E-state index contributed by atoms with van der Waals surface area (Å²) in [6, 6.07) is 0. The minimum atomic E-state index is 0.653. The Kier molecular flexibility index (Phi) is 6.07. The van der Waals surface area contributed by atoms with Gasteiger partial charge in [0.15, 0.2) is 0 Å². The summed E-state index contributed by atoms with van der Waals surface area (Å²) in [6.07, 6.45) is 0. The topological polar surface area (TPSA) is 59.2 Å². The van der Waals surface area contributed by atoms with Crippen LogP contribution < -0.4 is 5.32 Å². The molecule has 0 aromatic carbocycles. The molecule has 0 atom stereocenters. The van der Waals surface area contributed by atoms with Gasteiger partial charge in [0.2, 0.25) is 0 Å². The standard InChI is InChI=1S/C11H21N3O2/c1-9-11(10(2)14-13-9)8-12-4-5-16-7-6-15-3/h12H,4-8H2,1-3H3,(H,13,14). The summed E-state index contributed by atoms with van der Waals surface area (Å²) in [7, 11) is 1.67. The van der Waals surface area contributed by atoms with Crippen molar-refractivity contribution in [1.29, 1.82) is 0 Å². The highest BCUT2D eigenvalue weighted by Crippen LogP contribution is 2.07. The number of aromatic nitrogens is 2. The van der Waals surface area contributed by atoms with Gasteiger partial charge in [0, 0.05) is 31.5 Å². The third-order valence-corrected chi connectivity index (χ3v) is 2.44. The molecular weight excluding hydrogens is 206 g/mol. The lowest BCUT2D eigenvalue weighted by Gasteiger charge is -2.06. The van der Waals surface area contributed by atoms with Gasteiger partial charge < -0.3 is 14.8 Å². The highest BCUT2D eigenvalue weighted by Gasteiger charge is 2.04. The molecule has 1 rings (SSSR count). The maximum atomic E-state index is 5.34. The monoisotopic (exact) mass is 227 g/mol. The van der Waals surface area contributed by atoms with E-state index in [1.165, 1.54) is 5.56 Å². The summed E-state index contributed by atoms with van der Waals surface area (Å²) in [5, 5.41) is 10.4. The second kappa shape index (κ2) is 7.38. The smallest absolute Gasteiger partial charge is 0.0700 e. The highest BCUT2D eigenvalue weighted by atomic mass is 16.5. The first-order valence-corrected chi connectivity index (χ1v) is 5.53. The van der Waals surface area contributed by atoms with E-state index < -0.39 is 0 Å². The number of nitrogens with zero attached hydrogens (tertiary/aromatic N) is 1. The Balaban J connectivity index is 2.07. The lowest BCUT2D eigenvalue weighted by Crippen LogP contribution is -2.20. The molecule has 5 heteroatoms. The first-order valence-electron chi connectivity index (χ1n) is 5.53. The Hall–Kier alpha value is -0.910. The summed E-state index contributed by atoms with van der Waals surface area (Å²) in [6.45, 7) is 7.73. The van der Waals surface area contributed by atoms with E-state index in [0.717, 1.165) is 24.5 Å². The second-order valence-electron chi connectivity index (χ2n) is 3.69. The fourth-order valence-electron chi connectivity index (χ4n) is 1.44. The lowest BCUT2D eigenvalue weighted by molar-refractivity contribution is 0.0719. The molecule has 2 N–H and O–H groups in total. The molecule has 0 saturated carbocycles. The molecule has 0 radical (unpaired) electrons. The molecule has 5 nitrogen and oxygen atoms in total. The number of hydrogen-bond donors (Lipinski definition) is 2. The van der Waals surface area contributed by atoms with Crippen LogP contribution in [0, 0.1) is 13.8 Å². The van der Waals surface area contributed by atoms with Gasteiger partial charge in [0.05, 0.1) is 25.5 Å². The zero-order valence-electron chi connectivity index (χ0n) is 10.3. The Bertz CT molecular complexity index is 280. The van der Waals surface area contributed by atoms with Gasteiger partial charge in [-0.15, -0.1) is 0 Å². The number of H-pyrrole nitrogens is 1. The minimum Gasteiger partial charge on any atom is -0.382 e. The molecule has 0 aliphatic heterocycles. The van der Waals surface area contributed by atoms with E-state index in [4.69, 9.17) is 9.47 Å². The average Bonchev–Trinajstić information content (AvgIpc) is 2.59. The normalized spacial score (nSPS) is 10.9. The summed E-state index contributed by atoms with van der Waals surface area (Å²) >= 11 is 0. The van der Waals surface area contributed by atoms with Crippen LogP contribution in [0.3, 0.4) is 0 Å². The maximum Gasteiger partial charge on any atom is 0.0700 e. The molecule has 0 fully saturated rings. The second-order valence-corrected chi connectivity index (χ2v) is 3.69. The molecule has 1 aromatic rings. The van der Waals surface area contributed by atoms with E-state index in [0.29, 0.717) is 19.8 Å². The van der Waals surface area contributed by atoms with E-state index in [1.54, 1.807) is 7.11 Å². The van der Waals surface area contributed by atoms with Crippen LogP contribution in [0.15, 0.2) is 0 Å². The van der Waals surface area contributed by atoms with Crippen molar-refractivity contribution in [1.82, 2.24) is 15.5 Å². The van der Waals surface area contributed by atoms with E-state index in [2.05, 4.69) is 15.5 Å². The number of aryl methyl sites for hydroxylation is 2. The summed E-state index contributed by atoms with van der Waals surface area (Å²) < 4.78 is 10.2. The molecule has 0 saturated heterocycles. The molecule has 0 bridgehead atoms. The minimum absolute atomic E-state index is 0.653. The molecule has 0 spiro atoms. The fourth-order valence-corrected chi connectivity index (χ4v) is 1.44. The molecule has 0 aliphatic rings. The fraction of sp³-hybridized carbons (Fsp3) is 0.727. The quantitative estimate of drug-likeness (QED) is 0.644. The van der Waals surface area contributed by atoms with Crippen LogP contribution in [0.2, 0.25) is 0 Å². The average molecular weight is 227 g/mol. The summed E-state index contributed by atoms with van der Waals surface area (Å²) in [5.74, 6) is 0. The molecule has 0 unspecified atom stereocenters. The van der Waals surface area contributed by atoms with Gasteiger partial charge in [-0.2, -0.15) is 5.10 Å². The SMILES string of the molecule is COCCOCCNCc1c(C)n[nH]c1C. The van der Waals surface area contributed by atoms with Crippen molar-refractivity contribution >= 4 is 0 Å². The van der Waals surface area contributed by atoms with E-state index in [-0.39, 0.29) is 0 Å². The zero-order valence-corrected chi connectivity index (χ0v) is 10.3. The Morgan fingerprint density at radius 3 is 2.69 bits per heavy atom. The number of nitrogens with one attached hydrogen (secondary N) is 2. The predicted octanol–water partition coefficient (Wildman–Crippen LogP) is 0.779. The van der Waals surface area contributed by atoms with Crippen LogP contribution in [0.5, 0.6) is 0 Å². The Morgan fingerprint density at radius 2 is 2.06 bits per heavy atom. The van der Waals surface area contributed by atoms with Crippen LogP contribution in [0.25, 0.3) is 0 Å². The van der Waals surface area contributed by atoms with Crippen molar-refractivity contribution in [3.63, 3.8) is 0 Å². The molecule has 1 aromatic heterocycles. The van der Waals surface area contributed by atoms with Crippen LogP contribution in [0.1, 0.15) is 17.0 Å². The summed E-state index contributed by atoms with van der Waals surface area (Å²) in [5.41, 5.74) is 3.44. The Morgan fingerprint density at radius 1 is 1.25 bits per heavy atom. The third kappa shape index (κ3) is 4.30. The van der Waals surface area contributed by atoms with Crippen molar-refractivity contribution in [3.05, 3.63) is 17.0 Å². The number of aromatic amines is 1. The summed E-state index contributed by atoms with van der Waals surface area (Å²) in [4.78, 5) is 0. The Labute approximate surface area is 96.5 Å². The van der Waals surface area contributed by atoms with Gasteiger partial charge in [-0.1, -0.05) is 0 Å². The van der Waals surface area contributed by atoms with Crippen LogP contribution >= 0.6 is 0 Å². The van der Waals surface area contributed by atoms with Gasteiger partial charge in [0.1, 0.15) is 0 Å². The predicted molar refractivity (Wildman–Crippen MR) is 62.5 cm³/mol. The first kappa shape index (κ1) is 13.2. The molecule has 1 heterocycles. The lowest BCUT2D eigenvalue weighted by atomic mass is 10.2. The third-order valence-electron chi connectivity index (χ3n) is 2.44.